The molecule has 3 aromatic rings. The summed E-state index contributed by atoms with van der Waals surface area (Å²) in [6, 6.07) is 7.59. The lowest BCUT2D eigenvalue weighted by molar-refractivity contribution is 0.0697. The van der Waals surface area contributed by atoms with Crippen molar-refractivity contribution >= 4 is 27.9 Å². The number of ether oxygens (including phenoxy) is 2. The zero-order valence-electron chi connectivity index (χ0n) is 16.4. The minimum Gasteiger partial charge on any atom is -0.493 e. The van der Waals surface area contributed by atoms with Crippen molar-refractivity contribution in [1.82, 2.24) is 0 Å². The minimum atomic E-state index is -1.10. The molecule has 28 heavy (non-hydrogen) atoms. The zero-order chi connectivity index (χ0) is 20.4. The molecule has 1 heterocycles. The van der Waals surface area contributed by atoms with Gasteiger partial charge in [0.25, 0.3) is 0 Å². The van der Waals surface area contributed by atoms with E-state index in [-0.39, 0.29) is 16.4 Å². The van der Waals surface area contributed by atoms with Gasteiger partial charge in [0.05, 0.1) is 29.5 Å². The Morgan fingerprint density at radius 3 is 2.32 bits per heavy atom. The fraction of sp³-hybridized carbons (Fsp3) is 0.364. The highest BCUT2D eigenvalue weighted by Gasteiger charge is 2.17. The fourth-order valence-corrected chi connectivity index (χ4v) is 2.75. The molecule has 0 fully saturated rings. The SMILES string of the molecule is CC(C)COc1cc(OCC(C)C)c2oc3ccc(C(=O)O)cc3c(=O)c2c1. The Labute approximate surface area is 162 Å². The average molecular weight is 384 g/mol. The second kappa shape index (κ2) is 7.92. The van der Waals surface area contributed by atoms with Crippen LogP contribution in [0.15, 0.2) is 39.5 Å². The quantitative estimate of drug-likeness (QED) is 0.594. The summed E-state index contributed by atoms with van der Waals surface area (Å²) >= 11 is 0. The monoisotopic (exact) mass is 384 g/mol. The molecular weight excluding hydrogens is 360 g/mol. The molecule has 0 radical (unpaired) electrons. The Morgan fingerprint density at radius 1 is 1.00 bits per heavy atom. The van der Waals surface area contributed by atoms with Gasteiger partial charge in [-0.1, -0.05) is 27.7 Å². The van der Waals surface area contributed by atoms with E-state index in [1.807, 2.05) is 27.7 Å². The third kappa shape index (κ3) is 4.11. The first-order valence-electron chi connectivity index (χ1n) is 9.29. The van der Waals surface area contributed by atoms with Crippen molar-refractivity contribution in [3.05, 3.63) is 46.1 Å². The van der Waals surface area contributed by atoms with Crippen LogP contribution in [0.3, 0.4) is 0 Å². The molecule has 6 nitrogen and oxygen atoms in total. The van der Waals surface area contributed by atoms with E-state index >= 15 is 0 Å². The number of rotatable bonds is 7. The fourth-order valence-electron chi connectivity index (χ4n) is 2.75. The summed E-state index contributed by atoms with van der Waals surface area (Å²) in [7, 11) is 0. The van der Waals surface area contributed by atoms with E-state index in [1.54, 1.807) is 12.1 Å². The highest BCUT2D eigenvalue weighted by atomic mass is 16.5. The molecule has 0 saturated carbocycles. The predicted octanol–water partition coefficient (Wildman–Crippen LogP) is 4.71. The van der Waals surface area contributed by atoms with E-state index in [9.17, 15) is 14.7 Å². The highest BCUT2D eigenvalue weighted by Crippen LogP contribution is 2.33. The number of carbonyl (C=O) groups is 1. The maximum atomic E-state index is 13.1. The Hall–Kier alpha value is -3.02. The van der Waals surface area contributed by atoms with Crippen molar-refractivity contribution in [3.8, 4) is 11.5 Å². The van der Waals surface area contributed by atoms with Crippen molar-refractivity contribution in [2.75, 3.05) is 13.2 Å². The van der Waals surface area contributed by atoms with Crippen molar-refractivity contribution in [2.24, 2.45) is 11.8 Å². The van der Waals surface area contributed by atoms with Gasteiger partial charge in [-0.05, 0) is 36.1 Å². The third-order valence-electron chi connectivity index (χ3n) is 4.11. The van der Waals surface area contributed by atoms with Gasteiger partial charge in [0.15, 0.2) is 11.3 Å². The minimum absolute atomic E-state index is 0.0302. The first kappa shape index (κ1) is 19.7. The van der Waals surface area contributed by atoms with Crippen LogP contribution in [0.1, 0.15) is 38.1 Å². The van der Waals surface area contributed by atoms with Gasteiger partial charge in [-0.15, -0.1) is 0 Å². The maximum Gasteiger partial charge on any atom is 0.335 e. The van der Waals surface area contributed by atoms with Crippen LogP contribution in [0.4, 0.5) is 0 Å². The molecule has 148 valence electrons. The van der Waals surface area contributed by atoms with Gasteiger partial charge in [-0.25, -0.2) is 4.79 Å². The number of hydrogen-bond acceptors (Lipinski definition) is 5. The second-order valence-electron chi connectivity index (χ2n) is 7.66. The van der Waals surface area contributed by atoms with Crippen LogP contribution in [0, 0.1) is 11.8 Å². The largest absolute Gasteiger partial charge is 0.493 e. The molecule has 0 saturated heterocycles. The number of carboxylic acid groups (broad SMARTS) is 1. The Balaban J connectivity index is 2.23. The van der Waals surface area contributed by atoms with Crippen LogP contribution in [-0.4, -0.2) is 24.3 Å². The lowest BCUT2D eigenvalue weighted by Crippen LogP contribution is -2.10. The van der Waals surface area contributed by atoms with Gasteiger partial charge >= 0.3 is 5.97 Å². The number of carboxylic acids is 1. The van der Waals surface area contributed by atoms with Crippen LogP contribution in [0.5, 0.6) is 11.5 Å². The number of benzene rings is 2. The Kier molecular flexibility index (Phi) is 5.58. The van der Waals surface area contributed by atoms with Crippen LogP contribution in [0.25, 0.3) is 21.9 Å². The smallest absolute Gasteiger partial charge is 0.335 e. The Morgan fingerprint density at radius 2 is 1.68 bits per heavy atom. The number of aromatic carboxylic acids is 1. The lowest BCUT2D eigenvalue weighted by Gasteiger charge is -2.14. The summed E-state index contributed by atoms with van der Waals surface area (Å²) in [6.07, 6.45) is 0. The second-order valence-corrected chi connectivity index (χ2v) is 7.66. The first-order valence-corrected chi connectivity index (χ1v) is 9.29. The summed E-state index contributed by atoms with van der Waals surface area (Å²) in [5, 5.41) is 9.72. The molecule has 0 spiro atoms. The van der Waals surface area contributed by atoms with Crippen molar-refractivity contribution < 1.29 is 23.8 Å². The molecule has 3 rings (SSSR count). The zero-order valence-corrected chi connectivity index (χ0v) is 16.4. The van der Waals surface area contributed by atoms with Crippen molar-refractivity contribution in [3.63, 3.8) is 0 Å². The molecule has 0 aliphatic carbocycles. The van der Waals surface area contributed by atoms with Gasteiger partial charge in [0, 0.05) is 6.07 Å². The van der Waals surface area contributed by atoms with Crippen LogP contribution in [-0.2, 0) is 0 Å². The number of fused-ring (bicyclic) bond motifs is 2. The third-order valence-corrected chi connectivity index (χ3v) is 4.11. The van der Waals surface area contributed by atoms with Crippen LogP contribution < -0.4 is 14.9 Å². The van der Waals surface area contributed by atoms with Crippen LogP contribution in [0.2, 0.25) is 0 Å². The van der Waals surface area contributed by atoms with Gasteiger partial charge in [0.2, 0.25) is 5.43 Å². The van der Waals surface area contributed by atoms with E-state index in [4.69, 9.17) is 13.9 Å². The van der Waals surface area contributed by atoms with E-state index in [2.05, 4.69) is 0 Å². The molecule has 0 aliphatic rings. The van der Waals surface area contributed by atoms with E-state index in [0.29, 0.717) is 53.1 Å². The predicted molar refractivity (Wildman–Crippen MR) is 108 cm³/mol. The standard InChI is InChI=1S/C22H24O6/c1-12(2)10-26-15-8-17-20(23)16-7-14(22(24)25)5-6-18(16)28-21(17)19(9-15)27-11-13(3)4/h5-9,12-13H,10-11H2,1-4H3,(H,24,25). The molecular formula is C22H24O6. The summed E-state index contributed by atoms with van der Waals surface area (Å²) in [5.41, 5.74) is 0.359. The summed E-state index contributed by atoms with van der Waals surface area (Å²) < 4.78 is 17.6. The molecule has 0 atom stereocenters. The topological polar surface area (TPSA) is 86.0 Å². The normalized spacial score (nSPS) is 11.5. The van der Waals surface area contributed by atoms with Gasteiger partial charge in [-0.3, -0.25) is 4.79 Å². The van der Waals surface area contributed by atoms with Crippen LogP contribution >= 0.6 is 0 Å². The summed E-state index contributed by atoms with van der Waals surface area (Å²) in [5.74, 6) is 0.464. The molecule has 6 heteroatoms. The molecule has 0 aliphatic heterocycles. The maximum absolute atomic E-state index is 13.1. The van der Waals surface area contributed by atoms with E-state index in [0.717, 1.165) is 0 Å². The highest BCUT2D eigenvalue weighted by molar-refractivity contribution is 5.97. The average Bonchev–Trinajstić information content (AvgIpc) is 2.64. The molecule has 0 bridgehead atoms. The van der Waals surface area contributed by atoms with Gasteiger partial charge in [0.1, 0.15) is 11.3 Å². The molecule has 2 aromatic carbocycles. The summed E-state index contributed by atoms with van der Waals surface area (Å²) in [6.45, 7) is 9.08. The van der Waals surface area contributed by atoms with Gasteiger partial charge < -0.3 is 19.0 Å². The van der Waals surface area contributed by atoms with E-state index in [1.165, 1.54) is 18.2 Å². The van der Waals surface area contributed by atoms with Gasteiger partial charge in [-0.2, -0.15) is 0 Å². The molecule has 0 unspecified atom stereocenters. The van der Waals surface area contributed by atoms with E-state index < -0.39 is 5.97 Å². The number of hydrogen-bond donors (Lipinski definition) is 1. The molecule has 1 aromatic heterocycles. The Bertz CT molecular complexity index is 1080. The lowest BCUT2D eigenvalue weighted by atomic mass is 10.1. The van der Waals surface area contributed by atoms with Crippen molar-refractivity contribution in [1.29, 1.82) is 0 Å². The van der Waals surface area contributed by atoms with Crippen molar-refractivity contribution in [2.45, 2.75) is 27.7 Å². The molecule has 1 N–H and O–H groups in total. The first-order chi connectivity index (χ1) is 13.3. The molecule has 0 amide bonds. The summed E-state index contributed by atoms with van der Waals surface area (Å²) in [4.78, 5) is 24.3.